The van der Waals surface area contributed by atoms with E-state index in [0.717, 1.165) is 16.7 Å². The van der Waals surface area contributed by atoms with Crippen LogP contribution in [0, 0.1) is 0 Å². The number of benzene rings is 3. The highest BCUT2D eigenvalue weighted by molar-refractivity contribution is 5.16. The monoisotopic (exact) mass is 444 g/mol. The maximum atomic E-state index is 6.43. The lowest BCUT2D eigenvalue weighted by Crippen LogP contribution is -2.42. The summed E-state index contributed by atoms with van der Waals surface area (Å²) in [7, 11) is 0. The van der Waals surface area contributed by atoms with Gasteiger partial charge in [0.2, 0.25) is 0 Å². The number of rotatable bonds is 11. The maximum Gasteiger partial charge on any atom is 0.116 e. The minimum absolute atomic E-state index is 0.182. The topological polar surface area (TPSA) is 36.9 Å². The number of hydrogen-bond acceptors (Lipinski definition) is 4. The van der Waals surface area contributed by atoms with Crippen LogP contribution < -0.4 is 0 Å². The second-order valence-corrected chi connectivity index (χ2v) is 8.33. The first-order valence-corrected chi connectivity index (χ1v) is 11.5. The second kappa shape index (κ2) is 11.9. The van der Waals surface area contributed by atoms with Crippen LogP contribution in [0.2, 0.25) is 0 Å². The molecule has 0 amide bonds. The quantitative estimate of drug-likeness (QED) is 0.355. The molecule has 0 aliphatic carbocycles. The fourth-order valence-electron chi connectivity index (χ4n) is 4.09. The van der Waals surface area contributed by atoms with Crippen molar-refractivity contribution in [3.8, 4) is 0 Å². The van der Waals surface area contributed by atoms with Crippen molar-refractivity contribution < 1.29 is 18.9 Å². The maximum absolute atomic E-state index is 6.43. The van der Waals surface area contributed by atoms with Crippen LogP contribution in [0.3, 0.4) is 0 Å². The van der Waals surface area contributed by atoms with Gasteiger partial charge in [0.1, 0.15) is 24.4 Å². The van der Waals surface area contributed by atoms with E-state index in [1.165, 1.54) is 0 Å². The lowest BCUT2D eigenvalue weighted by Gasteiger charge is -2.27. The van der Waals surface area contributed by atoms with Gasteiger partial charge in [0.25, 0.3) is 0 Å². The average Bonchev–Trinajstić information content (AvgIpc) is 3.24. The van der Waals surface area contributed by atoms with E-state index < -0.39 is 0 Å². The minimum atomic E-state index is -0.289. The van der Waals surface area contributed by atoms with Crippen LogP contribution in [0.5, 0.6) is 0 Å². The third-order valence-electron chi connectivity index (χ3n) is 5.91. The summed E-state index contributed by atoms with van der Waals surface area (Å²) in [5.41, 5.74) is 3.35. The third kappa shape index (κ3) is 6.40. The highest BCUT2D eigenvalue weighted by atomic mass is 16.6. The van der Waals surface area contributed by atoms with Gasteiger partial charge in [-0.05, 0) is 23.6 Å². The Morgan fingerprint density at radius 1 is 0.727 bits per heavy atom. The van der Waals surface area contributed by atoms with Crippen LogP contribution in [-0.2, 0) is 38.8 Å². The molecular formula is C29H32O4. The molecule has 1 fully saturated rings. The van der Waals surface area contributed by atoms with Gasteiger partial charge < -0.3 is 18.9 Å². The summed E-state index contributed by atoms with van der Waals surface area (Å²) >= 11 is 0. The fraction of sp³-hybridized carbons (Fsp3) is 0.310. The Hall–Kier alpha value is -2.76. The van der Waals surface area contributed by atoms with Gasteiger partial charge in [-0.15, -0.1) is 6.58 Å². The second-order valence-electron chi connectivity index (χ2n) is 8.33. The Morgan fingerprint density at radius 2 is 1.18 bits per heavy atom. The molecular weight excluding hydrogens is 412 g/mol. The molecule has 1 heterocycles. The minimum Gasteiger partial charge on any atom is -0.371 e. The summed E-state index contributed by atoms with van der Waals surface area (Å²) < 4.78 is 25.4. The molecule has 5 atom stereocenters. The first-order valence-electron chi connectivity index (χ1n) is 11.5. The largest absolute Gasteiger partial charge is 0.371 e. The van der Waals surface area contributed by atoms with Crippen molar-refractivity contribution in [2.75, 3.05) is 0 Å². The Morgan fingerprint density at radius 3 is 1.67 bits per heavy atom. The first kappa shape index (κ1) is 23.4. The number of hydrogen-bond donors (Lipinski definition) is 0. The molecule has 0 bridgehead atoms. The van der Waals surface area contributed by atoms with Crippen LogP contribution in [0.1, 0.15) is 23.6 Å². The predicted molar refractivity (Wildman–Crippen MR) is 130 cm³/mol. The Labute approximate surface area is 196 Å². The molecule has 0 N–H and O–H groups in total. The van der Waals surface area contributed by atoms with E-state index in [1.54, 1.807) is 6.08 Å². The zero-order valence-corrected chi connectivity index (χ0v) is 19.1. The van der Waals surface area contributed by atoms with Crippen LogP contribution in [0.4, 0.5) is 0 Å². The first-order chi connectivity index (χ1) is 16.2. The summed E-state index contributed by atoms with van der Waals surface area (Å²) in [4.78, 5) is 0. The van der Waals surface area contributed by atoms with E-state index in [1.807, 2.05) is 61.5 Å². The molecule has 4 heteroatoms. The molecule has 0 saturated carbocycles. The fourth-order valence-corrected chi connectivity index (χ4v) is 4.09. The third-order valence-corrected chi connectivity index (χ3v) is 5.91. The SMILES string of the molecule is C=C[C@H]1O[C@@H]([C@@H](C)OCc2ccccc2)[C@H](OCc2ccccc2)[C@H]1OCc1ccccc1. The van der Waals surface area contributed by atoms with E-state index in [4.69, 9.17) is 18.9 Å². The van der Waals surface area contributed by atoms with Crippen molar-refractivity contribution in [2.24, 2.45) is 0 Å². The van der Waals surface area contributed by atoms with E-state index in [0.29, 0.717) is 19.8 Å². The van der Waals surface area contributed by atoms with E-state index in [9.17, 15) is 0 Å². The summed E-state index contributed by atoms with van der Waals surface area (Å²) in [5.74, 6) is 0. The lowest BCUT2D eigenvalue weighted by molar-refractivity contribution is -0.114. The van der Waals surface area contributed by atoms with Gasteiger partial charge in [-0.25, -0.2) is 0 Å². The predicted octanol–water partition coefficient (Wildman–Crippen LogP) is 5.72. The Kier molecular flexibility index (Phi) is 8.45. The standard InChI is InChI=1S/C29H32O4/c1-3-26-28(31-20-24-15-9-5-10-16-24)29(32-21-25-17-11-6-12-18-25)27(33-26)22(2)30-19-23-13-7-4-8-14-23/h3-18,22,26-29H,1,19-21H2,2H3/t22-,26-,27+,28+,29+/m1/s1. The van der Waals surface area contributed by atoms with E-state index >= 15 is 0 Å². The van der Waals surface area contributed by atoms with Gasteiger partial charge in [-0.2, -0.15) is 0 Å². The summed E-state index contributed by atoms with van der Waals surface area (Å²) in [6.07, 6.45) is 0.502. The molecule has 1 aliphatic rings. The zero-order valence-electron chi connectivity index (χ0n) is 19.1. The van der Waals surface area contributed by atoms with Crippen molar-refractivity contribution in [1.29, 1.82) is 0 Å². The molecule has 1 aliphatic heterocycles. The van der Waals surface area contributed by atoms with Crippen LogP contribution in [0.25, 0.3) is 0 Å². The smallest absolute Gasteiger partial charge is 0.116 e. The van der Waals surface area contributed by atoms with Gasteiger partial charge >= 0.3 is 0 Å². The summed E-state index contributed by atoms with van der Waals surface area (Å²) in [6, 6.07) is 30.5. The molecule has 4 rings (SSSR count). The molecule has 3 aromatic rings. The van der Waals surface area contributed by atoms with Crippen molar-refractivity contribution in [1.82, 2.24) is 0 Å². The highest BCUT2D eigenvalue weighted by Gasteiger charge is 2.47. The van der Waals surface area contributed by atoms with Gasteiger partial charge in [0, 0.05) is 0 Å². The normalized spacial score (nSPS) is 23.3. The van der Waals surface area contributed by atoms with Crippen molar-refractivity contribution in [2.45, 2.75) is 57.3 Å². The number of ether oxygens (including phenoxy) is 4. The molecule has 33 heavy (non-hydrogen) atoms. The van der Waals surface area contributed by atoms with Gasteiger partial charge in [-0.1, -0.05) is 97.1 Å². The molecule has 0 radical (unpaired) electrons. The Bertz CT molecular complexity index is 961. The van der Waals surface area contributed by atoms with Gasteiger partial charge in [-0.3, -0.25) is 0 Å². The molecule has 0 aromatic heterocycles. The van der Waals surface area contributed by atoms with Crippen molar-refractivity contribution >= 4 is 0 Å². The molecule has 4 nitrogen and oxygen atoms in total. The highest BCUT2D eigenvalue weighted by Crippen LogP contribution is 2.32. The van der Waals surface area contributed by atoms with Gasteiger partial charge in [0.15, 0.2) is 0 Å². The summed E-state index contributed by atoms with van der Waals surface area (Å²) in [6.45, 7) is 7.50. The van der Waals surface area contributed by atoms with Crippen LogP contribution in [0.15, 0.2) is 104 Å². The molecule has 172 valence electrons. The van der Waals surface area contributed by atoms with Crippen LogP contribution in [-0.4, -0.2) is 30.5 Å². The lowest BCUT2D eigenvalue weighted by atomic mass is 10.0. The molecule has 3 aromatic carbocycles. The Balaban J connectivity index is 1.47. The van der Waals surface area contributed by atoms with E-state index in [-0.39, 0.29) is 30.5 Å². The van der Waals surface area contributed by atoms with E-state index in [2.05, 4.69) is 43.0 Å². The van der Waals surface area contributed by atoms with Crippen molar-refractivity contribution in [3.05, 3.63) is 120 Å². The molecule has 0 spiro atoms. The zero-order chi connectivity index (χ0) is 22.9. The summed E-state index contributed by atoms with van der Waals surface area (Å²) in [5, 5.41) is 0. The average molecular weight is 445 g/mol. The molecule has 0 unspecified atom stereocenters. The van der Waals surface area contributed by atoms with Crippen molar-refractivity contribution in [3.63, 3.8) is 0 Å². The molecule has 1 saturated heterocycles. The van der Waals surface area contributed by atoms with Crippen LogP contribution >= 0.6 is 0 Å². The van der Waals surface area contributed by atoms with Gasteiger partial charge in [0.05, 0.1) is 25.9 Å².